The summed E-state index contributed by atoms with van der Waals surface area (Å²) < 4.78 is 5.20. The van der Waals surface area contributed by atoms with E-state index in [1.165, 1.54) is 12.1 Å². The van der Waals surface area contributed by atoms with Crippen molar-refractivity contribution < 1.29 is 9.53 Å². The minimum absolute atomic E-state index is 0.00340. The Kier molecular flexibility index (Phi) is 4.59. The van der Waals surface area contributed by atoms with Crippen LogP contribution in [-0.2, 0) is 4.74 Å². The van der Waals surface area contributed by atoms with Crippen LogP contribution >= 0.6 is 23.2 Å². The van der Waals surface area contributed by atoms with Crippen LogP contribution in [0, 0.1) is 0 Å². The molecule has 0 amide bonds. The van der Waals surface area contributed by atoms with Crippen LogP contribution in [-0.4, -0.2) is 18.5 Å². The zero-order valence-electron chi connectivity index (χ0n) is 9.09. The van der Waals surface area contributed by atoms with E-state index in [4.69, 9.17) is 33.7 Å². The number of Topliss-reactive ketones (excluding diaryl/α,β-unsaturated/α-hetero) is 1. The second kappa shape index (κ2) is 5.53. The normalized spacial score (nSPS) is 10.8. The summed E-state index contributed by atoms with van der Waals surface area (Å²) in [6.45, 7) is 3.72. The number of nitrogen functional groups attached to an aromatic ring is 1. The Balaban J connectivity index is 2.84. The number of rotatable bonds is 4. The molecule has 0 fully saturated rings. The van der Waals surface area contributed by atoms with Gasteiger partial charge in [0.05, 0.1) is 21.8 Å². The van der Waals surface area contributed by atoms with E-state index in [0.717, 1.165) is 0 Å². The van der Waals surface area contributed by atoms with Gasteiger partial charge in [0.25, 0.3) is 0 Å². The fraction of sp³-hybridized carbons (Fsp3) is 0.364. The lowest BCUT2D eigenvalue weighted by atomic mass is 10.1. The molecule has 0 atom stereocenters. The molecule has 2 N–H and O–H groups in total. The Morgan fingerprint density at radius 1 is 1.38 bits per heavy atom. The SMILES string of the molecule is CC(C)OCC(=O)c1cc(Cl)c(N)c(Cl)c1. The molecule has 0 aromatic heterocycles. The van der Waals surface area contributed by atoms with Crippen molar-refractivity contribution >= 4 is 34.7 Å². The third-order valence-corrected chi connectivity index (χ3v) is 2.57. The fourth-order valence-corrected chi connectivity index (χ4v) is 1.56. The first kappa shape index (κ1) is 13.3. The second-order valence-electron chi connectivity index (χ2n) is 3.64. The molecule has 0 aliphatic carbocycles. The van der Waals surface area contributed by atoms with Crippen molar-refractivity contribution in [3.05, 3.63) is 27.7 Å². The van der Waals surface area contributed by atoms with Crippen molar-refractivity contribution in [2.45, 2.75) is 20.0 Å². The van der Waals surface area contributed by atoms with Gasteiger partial charge in [-0.3, -0.25) is 4.79 Å². The Hall–Kier alpha value is -0.770. The molecule has 0 heterocycles. The number of carbonyl (C=O) groups is 1. The van der Waals surface area contributed by atoms with Gasteiger partial charge in [0.2, 0.25) is 0 Å². The molecule has 1 aromatic rings. The lowest BCUT2D eigenvalue weighted by Gasteiger charge is -2.08. The van der Waals surface area contributed by atoms with E-state index in [1.54, 1.807) is 0 Å². The second-order valence-corrected chi connectivity index (χ2v) is 4.45. The average Bonchev–Trinajstić information content (AvgIpc) is 2.21. The summed E-state index contributed by atoms with van der Waals surface area (Å²) in [7, 11) is 0. The van der Waals surface area contributed by atoms with Crippen molar-refractivity contribution in [1.29, 1.82) is 0 Å². The van der Waals surface area contributed by atoms with Gasteiger partial charge in [-0.05, 0) is 26.0 Å². The topological polar surface area (TPSA) is 52.3 Å². The van der Waals surface area contributed by atoms with Gasteiger partial charge in [-0.15, -0.1) is 0 Å². The Morgan fingerprint density at radius 2 is 1.88 bits per heavy atom. The number of nitrogens with two attached hydrogens (primary N) is 1. The van der Waals surface area contributed by atoms with Gasteiger partial charge in [0.1, 0.15) is 6.61 Å². The largest absolute Gasteiger partial charge is 0.396 e. The lowest BCUT2D eigenvalue weighted by molar-refractivity contribution is 0.0585. The van der Waals surface area contributed by atoms with Crippen LogP contribution in [0.25, 0.3) is 0 Å². The van der Waals surface area contributed by atoms with Gasteiger partial charge >= 0.3 is 0 Å². The summed E-state index contributed by atoms with van der Waals surface area (Å²) in [6.07, 6.45) is 0.00340. The highest BCUT2D eigenvalue weighted by Crippen LogP contribution is 2.28. The first-order chi connectivity index (χ1) is 7.41. The summed E-state index contributed by atoms with van der Waals surface area (Å²) in [5.41, 5.74) is 6.26. The van der Waals surface area contributed by atoms with E-state index in [1.807, 2.05) is 13.8 Å². The number of ether oxygens (including phenoxy) is 1. The summed E-state index contributed by atoms with van der Waals surface area (Å²) in [5, 5.41) is 0.556. The van der Waals surface area contributed by atoms with Gasteiger partial charge in [-0.25, -0.2) is 0 Å². The molecule has 0 spiro atoms. The molecule has 0 radical (unpaired) electrons. The number of ketones is 1. The lowest BCUT2D eigenvalue weighted by Crippen LogP contribution is -2.13. The fourth-order valence-electron chi connectivity index (χ4n) is 1.07. The van der Waals surface area contributed by atoms with E-state index in [0.29, 0.717) is 5.56 Å². The highest BCUT2D eigenvalue weighted by Gasteiger charge is 2.11. The molecule has 88 valence electrons. The zero-order valence-corrected chi connectivity index (χ0v) is 10.6. The number of carbonyl (C=O) groups excluding carboxylic acids is 1. The van der Waals surface area contributed by atoms with Crippen molar-refractivity contribution in [1.82, 2.24) is 0 Å². The molecule has 5 heteroatoms. The maximum atomic E-state index is 11.7. The standard InChI is InChI=1S/C11H13Cl2NO2/c1-6(2)16-5-10(15)7-3-8(12)11(14)9(13)4-7/h3-4,6H,5,14H2,1-2H3. The van der Waals surface area contributed by atoms with Crippen molar-refractivity contribution in [3.8, 4) is 0 Å². The third kappa shape index (κ3) is 3.37. The predicted molar refractivity (Wildman–Crippen MR) is 66.3 cm³/mol. The maximum Gasteiger partial charge on any atom is 0.188 e. The summed E-state index contributed by atoms with van der Waals surface area (Å²) in [6, 6.07) is 2.99. The van der Waals surface area contributed by atoms with Crippen molar-refractivity contribution in [2.24, 2.45) is 0 Å². The molecule has 0 bridgehead atoms. The molecule has 0 unspecified atom stereocenters. The minimum atomic E-state index is -0.169. The van der Waals surface area contributed by atoms with Crippen LogP contribution in [0.2, 0.25) is 10.0 Å². The highest BCUT2D eigenvalue weighted by atomic mass is 35.5. The van der Waals surface area contributed by atoms with Crippen LogP contribution in [0.1, 0.15) is 24.2 Å². The summed E-state index contributed by atoms with van der Waals surface area (Å²) >= 11 is 11.6. The molecular weight excluding hydrogens is 249 g/mol. The summed E-state index contributed by atoms with van der Waals surface area (Å²) in [4.78, 5) is 11.7. The molecule has 3 nitrogen and oxygen atoms in total. The van der Waals surface area contributed by atoms with Gasteiger partial charge in [-0.2, -0.15) is 0 Å². The molecule has 0 aliphatic rings. The number of benzene rings is 1. The van der Waals surface area contributed by atoms with Crippen molar-refractivity contribution in [2.75, 3.05) is 12.3 Å². The van der Waals surface area contributed by atoms with E-state index < -0.39 is 0 Å². The Morgan fingerprint density at radius 3 is 2.31 bits per heavy atom. The summed E-state index contributed by atoms with van der Waals surface area (Å²) in [5.74, 6) is -0.169. The number of halogens is 2. The molecule has 16 heavy (non-hydrogen) atoms. The Labute approximate surface area is 104 Å². The molecule has 0 saturated carbocycles. The van der Waals surface area contributed by atoms with Gasteiger partial charge in [-0.1, -0.05) is 23.2 Å². The van der Waals surface area contributed by atoms with E-state index >= 15 is 0 Å². The van der Waals surface area contributed by atoms with Crippen LogP contribution < -0.4 is 5.73 Å². The number of anilines is 1. The van der Waals surface area contributed by atoms with Crippen LogP contribution in [0.3, 0.4) is 0 Å². The number of hydrogen-bond acceptors (Lipinski definition) is 3. The highest BCUT2D eigenvalue weighted by molar-refractivity contribution is 6.39. The van der Waals surface area contributed by atoms with Crippen LogP contribution in [0.5, 0.6) is 0 Å². The molecule has 1 rings (SSSR count). The molecular formula is C11H13Cl2NO2. The van der Waals surface area contributed by atoms with E-state index in [9.17, 15) is 4.79 Å². The first-order valence-electron chi connectivity index (χ1n) is 4.81. The first-order valence-corrected chi connectivity index (χ1v) is 5.56. The predicted octanol–water partition coefficient (Wildman–Crippen LogP) is 3.18. The quantitative estimate of drug-likeness (QED) is 0.669. The van der Waals surface area contributed by atoms with Crippen LogP contribution in [0.15, 0.2) is 12.1 Å². The van der Waals surface area contributed by atoms with Gasteiger partial charge in [0.15, 0.2) is 5.78 Å². The van der Waals surface area contributed by atoms with Crippen molar-refractivity contribution in [3.63, 3.8) is 0 Å². The van der Waals surface area contributed by atoms with Crippen LogP contribution in [0.4, 0.5) is 5.69 Å². The molecule has 0 saturated heterocycles. The maximum absolute atomic E-state index is 11.7. The third-order valence-electron chi connectivity index (χ3n) is 1.95. The smallest absolute Gasteiger partial charge is 0.188 e. The monoisotopic (exact) mass is 261 g/mol. The molecule has 0 aliphatic heterocycles. The molecule has 1 aromatic carbocycles. The van der Waals surface area contributed by atoms with Gasteiger partial charge in [0, 0.05) is 5.56 Å². The average molecular weight is 262 g/mol. The minimum Gasteiger partial charge on any atom is -0.396 e. The number of hydrogen-bond donors (Lipinski definition) is 1. The van der Waals surface area contributed by atoms with E-state index in [-0.39, 0.29) is 34.2 Å². The van der Waals surface area contributed by atoms with Gasteiger partial charge < -0.3 is 10.5 Å². The Bertz CT molecular complexity index is 382. The van der Waals surface area contributed by atoms with E-state index in [2.05, 4.69) is 0 Å². The zero-order chi connectivity index (χ0) is 12.3.